The highest BCUT2D eigenvalue weighted by Gasteiger charge is 2.12. The van der Waals surface area contributed by atoms with Gasteiger partial charge in [-0.3, -0.25) is 9.59 Å². The fourth-order valence-electron chi connectivity index (χ4n) is 2.27. The van der Waals surface area contributed by atoms with Gasteiger partial charge in [0.1, 0.15) is 18.1 Å². The van der Waals surface area contributed by atoms with Crippen LogP contribution in [0.3, 0.4) is 0 Å². The molecule has 5 nitrogen and oxygen atoms in total. The molecule has 0 fully saturated rings. The molecule has 1 amide bonds. The van der Waals surface area contributed by atoms with Gasteiger partial charge in [-0.25, -0.2) is 0 Å². The minimum atomic E-state index is -0.380. The van der Waals surface area contributed by atoms with Gasteiger partial charge in [-0.2, -0.15) is 0 Å². The summed E-state index contributed by atoms with van der Waals surface area (Å²) in [5.41, 5.74) is 1.16. The van der Waals surface area contributed by atoms with Crippen LogP contribution < -0.4 is 10.1 Å². The molecular weight excluding hydrogens is 354 g/mol. The fraction of sp³-hybridized carbons (Fsp3) is 0.100. The highest BCUT2D eigenvalue weighted by atomic mass is 35.5. The molecule has 132 valence electrons. The summed E-state index contributed by atoms with van der Waals surface area (Å²) in [5, 5.41) is 3.30. The van der Waals surface area contributed by atoms with Crippen LogP contribution in [0.1, 0.15) is 33.6 Å². The molecule has 0 aliphatic heterocycles. The van der Waals surface area contributed by atoms with E-state index in [9.17, 15) is 9.59 Å². The summed E-state index contributed by atoms with van der Waals surface area (Å²) in [6, 6.07) is 16.9. The van der Waals surface area contributed by atoms with Crippen LogP contribution in [0.15, 0.2) is 65.1 Å². The number of rotatable bonds is 6. The smallest absolute Gasteiger partial charge is 0.291 e. The van der Waals surface area contributed by atoms with Gasteiger partial charge < -0.3 is 14.5 Å². The second-order valence-electron chi connectivity index (χ2n) is 5.60. The Morgan fingerprint density at radius 1 is 1.08 bits per heavy atom. The van der Waals surface area contributed by atoms with E-state index in [1.165, 1.54) is 6.92 Å². The summed E-state index contributed by atoms with van der Waals surface area (Å²) in [6.07, 6.45) is 0. The molecule has 6 heteroatoms. The number of halogens is 1. The fourth-order valence-corrected chi connectivity index (χ4v) is 2.45. The summed E-state index contributed by atoms with van der Waals surface area (Å²) in [7, 11) is 0. The van der Waals surface area contributed by atoms with Crippen LogP contribution >= 0.6 is 11.6 Å². The molecule has 0 saturated heterocycles. The van der Waals surface area contributed by atoms with Crippen LogP contribution in [-0.4, -0.2) is 11.7 Å². The largest absolute Gasteiger partial charge is 0.486 e. The number of hydrogen-bond acceptors (Lipinski definition) is 4. The minimum absolute atomic E-state index is 0.0294. The van der Waals surface area contributed by atoms with Gasteiger partial charge in [0.25, 0.3) is 5.91 Å². The Morgan fingerprint density at radius 3 is 2.54 bits per heavy atom. The van der Waals surface area contributed by atoms with Crippen molar-refractivity contribution in [2.75, 3.05) is 5.32 Å². The number of carbonyl (C=O) groups is 2. The van der Waals surface area contributed by atoms with Gasteiger partial charge >= 0.3 is 0 Å². The number of nitrogens with one attached hydrogen (secondary N) is 1. The summed E-state index contributed by atoms with van der Waals surface area (Å²) < 4.78 is 11.1. The van der Waals surface area contributed by atoms with Gasteiger partial charge in [0.05, 0.1) is 0 Å². The van der Waals surface area contributed by atoms with E-state index in [0.29, 0.717) is 27.8 Å². The first-order valence-electron chi connectivity index (χ1n) is 7.91. The van der Waals surface area contributed by atoms with Crippen molar-refractivity contribution in [3.8, 4) is 5.75 Å². The zero-order valence-electron chi connectivity index (χ0n) is 14.0. The van der Waals surface area contributed by atoms with Crippen molar-refractivity contribution in [3.63, 3.8) is 0 Å². The van der Waals surface area contributed by atoms with Crippen LogP contribution in [0.2, 0.25) is 5.02 Å². The Hall–Kier alpha value is -3.05. The second-order valence-corrected chi connectivity index (χ2v) is 6.04. The van der Waals surface area contributed by atoms with Gasteiger partial charge in [-0.05, 0) is 61.5 Å². The number of furan rings is 1. The first-order valence-corrected chi connectivity index (χ1v) is 8.28. The number of ketones is 1. The Bertz CT molecular complexity index is 931. The highest BCUT2D eigenvalue weighted by molar-refractivity contribution is 6.30. The van der Waals surface area contributed by atoms with Crippen LogP contribution in [0.4, 0.5) is 5.69 Å². The van der Waals surface area contributed by atoms with Crippen molar-refractivity contribution in [2.45, 2.75) is 13.5 Å². The Morgan fingerprint density at radius 2 is 1.85 bits per heavy atom. The van der Waals surface area contributed by atoms with E-state index >= 15 is 0 Å². The zero-order chi connectivity index (χ0) is 18.5. The molecule has 0 spiro atoms. The molecule has 3 rings (SSSR count). The van der Waals surface area contributed by atoms with Gasteiger partial charge in [0.2, 0.25) is 0 Å². The summed E-state index contributed by atoms with van der Waals surface area (Å²) in [4.78, 5) is 23.5. The predicted molar refractivity (Wildman–Crippen MR) is 98.9 cm³/mol. The van der Waals surface area contributed by atoms with Gasteiger partial charge in [-0.1, -0.05) is 17.7 Å². The molecule has 0 aliphatic rings. The molecule has 1 heterocycles. The lowest BCUT2D eigenvalue weighted by molar-refractivity contribution is 0.0990. The standard InChI is InChI=1S/C20H16ClNO4/c1-13(23)14-5-7-16(8-6-14)22-20(24)19-10-9-18(26-19)12-25-17-4-2-3-15(21)11-17/h2-11H,12H2,1H3,(H,22,24). The molecular formula is C20H16ClNO4. The Balaban J connectivity index is 1.59. The lowest BCUT2D eigenvalue weighted by atomic mass is 10.1. The predicted octanol–water partition coefficient (Wildman–Crippen LogP) is 4.97. The van der Waals surface area contributed by atoms with E-state index in [-0.39, 0.29) is 24.1 Å². The van der Waals surface area contributed by atoms with Crippen molar-refractivity contribution in [1.82, 2.24) is 0 Å². The molecule has 0 atom stereocenters. The van der Waals surface area contributed by atoms with Crippen LogP contribution in [0.5, 0.6) is 5.75 Å². The number of hydrogen-bond donors (Lipinski definition) is 1. The van der Waals surface area contributed by atoms with Gasteiger partial charge in [0.15, 0.2) is 11.5 Å². The molecule has 0 aliphatic carbocycles. The van der Waals surface area contributed by atoms with Gasteiger partial charge in [0, 0.05) is 16.3 Å². The normalized spacial score (nSPS) is 10.4. The van der Waals surface area contributed by atoms with Crippen molar-refractivity contribution >= 4 is 29.0 Å². The molecule has 26 heavy (non-hydrogen) atoms. The molecule has 3 aromatic rings. The van der Waals surface area contributed by atoms with E-state index in [0.717, 1.165) is 0 Å². The molecule has 2 aromatic carbocycles. The number of carbonyl (C=O) groups excluding carboxylic acids is 2. The number of ether oxygens (including phenoxy) is 1. The first-order chi connectivity index (χ1) is 12.5. The molecule has 1 N–H and O–H groups in total. The average Bonchev–Trinajstić information content (AvgIpc) is 3.10. The van der Waals surface area contributed by atoms with Gasteiger partial charge in [-0.15, -0.1) is 0 Å². The van der Waals surface area contributed by atoms with E-state index in [1.807, 2.05) is 0 Å². The van der Waals surface area contributed by atoms with Crippen LogP contribution in [0, 0.1) is 0 Å². The molecule has 0 bridgehead atoms. The summed E-state index contributed by atoms with van der Waals surface area (Å²) >= 11 is 5.90. The lowest BCUT2D eigenvalue weighted by Gasteiger charge is -2.05. The third kappa shape index (κ3) is 4.52. The topological polar surface area (TPSA) is 68.5 Å². The van der Waals surface area contributed by atoms with Crippen LogP contribution in [0.25, 0.3) is 0 Å². The maximum atomic E-state index is 12.2. The third-order valence-corrected chi connectivity index (χ3v) is 3.85. The van der Waals surface area contributed by atoms with E-state index in [1.54, 1.807) is 60.7 Å². The Kier molecular flexibility index (Phi) is 5.39. The third-order valence-electron chi connectivity index (χ3n) is 3.61. The van der Waals surface area contributed by atoms with E-state index in [4.69, 9.17) is 20.8 Å². The minimum Gasteiger partial charge on any atom is -0.486 e. The maximum absolute atomic E-state index is 12.2. The molecule has 1 aromatic heterocycles. The number of Topliss-reactive ketones (excluding diaryl/α,β-unsaturated/α-hetero) is 1. The van der Waals surface area contributed by atoms with E-state index in [2.05, 4.69) is 5.32 Å². The molecule has 0 radical (unpaired) electrons. The number of benzene rings is 2. The average molecular weight is 370 g/mol. The summed E-state index contributed by atoms with van der Waals surface area (Å²) in [6.45, 7) is 1.67. The number of anilines is 1. The Labute approximate surface area is 155 Å². The van der Waals surface area contributed by atoms with Crippen molar-refractivity contribution < 1.29 is 18.7 Å². The summed E-state index contributed by atoms with van der Waals surface area (Å²) in [5.74, 6) is 0.894. The lowest BCUT2D eigenvalue weighted by Crippen LogP contribution is -2.11. The molecule has 0 unspecified atom stereocenters. The second kappa shape index (κ2) is 7.89. The monoisotopic (exact) mass is 369 g/mol. The SMILES string of the molecule is CC(=O)c1ccc(NC(=O)c2ccc(COc3cccc(Cl)c3)o2)cc1. The maximum Gasteiger partial charge on any atom is 0.291 e. The zero-order valence-corrected chi connectivity index (χ0v) is 14.7. The quantitative estimate of drug-likeness (QED) is 0.623. The van der Waals surface area contributed by atoms with Crippen molar-refractivity contribution in [3.05, 3.63) is 82.8 Å². The van der Waals surface area contributed by atoms with Crippen molar-refractivity contribution in [1.29, 1.82) is 0 Å². The van der Waals surface area contributed by atoms with Crippen molar-refractivity contribution in [2.24, 2.45) is 0 Å². The first kappa shape index (κ1) is 17.8. The number of amides is 1. The molecule has 0 saturated carbocycles. The highest BCUT2D eigenvalue weighted by Crippen LogP contribution is 2.19. The van der Waals surface area contributed by atoms with E-state index < -0.39 is 0 Å². The van der Waals surface area contributed by atoms with Crippen LogP contribution in [-0.2, 0) is 6.61 Å².